The zero-order chi connectivity index (χ0) is 21.5. The summed E-state index contributed by atoms with van der Waals surface area (Å²) in [5.74, 6) is -1.55. The number of hydrogen-bond donors (Lipinski definition) is 2. The van der Waals surface area contributed by atoms with Gasteiger partial charge >= 0.3 is 5.76 Å². The molecule has 1 aromatic heterocycles. The number of H-pyrrole nitrogens is 1. The van der Waals surface area contributed by atoms with E-state index in [-0.39, 0.29) is 23.8 Å². The minimum absolute atomic E-state index is 0.153. The zero-order valence-corrected chi connectivity index (χ0v) is 17.6. The molecule has 2 heterocycles. The Morgan fingerprint density at radius 1 is 1.27 bits per heavy atom. The molecule has 1 fully saturated rings. The molecule has 2 N–H and O–H groups in total. The largest absolute Gasteiger partial charge is 0.434 e. The fourth-order valence-electron chi connectivity index (χ4n) is 3.93. The molecule has 162 valence electrons. The lowest BCUT2D eigenvalue weighted by Crippen LogP contribution is -2.54. The van der Waals surface area contributed by atoms with E-state index in [0.29, 0.717) is 6.42 Å². The SMILES string of the molecule is CC(C)C[C@H](NC(=O)[C@@H]1CCCCN1CCc1ccccc1)C(=O)c1n[nH]c(=O)o1. The van der Waals surface area contributed by atoms with Gasteiger partial charge in [0.05, 0.1) is 12.1 Å². The molecule has 3 rings (SSSR count). The van der Waals surface area contributed by atoms with Crippen LogP contribution in [-0.2, 0) is 11.2 Å². The number of nitrogens with zero attached hydrogens (tertiary/aromatic N) is 2. The Balaban J connectivity index is 1.67. The van der Waals surface area contributed by atoms with Gasteiger partial charge in [0.15, 0.2) is 0 Å². The number of hydrogen-bond acceptors (Lipinski definition) is 6. The van der Waals surface area contributed by atoms with E-state index >= 15 is 0 Å². The third-order valence-electron chi connectivity index (χ3n) is 5.44. The van der Waals surface area contributed by atoms with Gasteiger partial charge in [-0.1, -0.05) is 50.6 Å². The number of amides is 1. The second kappa shape index (κ2) is 10.3. The first-order valence-electron chi connectivity index (χ1n) is 10.6. The molecule has 1 saturated heterocycles. The lowest BCUT2D eigenvalue weighted by atomic mass is 9.97. The van der Waals surface area contributed by atoms with E-state index in [2.05, 4.69) is 32.5 Å². The van der Waals surface area contributed by atoms with E-state index in [0.717, 1.165) is 38.8 Å². The van der Waals surface area contributed by atoms with Crippen molar-refractivity contribution in [3.8, 4) is 0 Å². The van der Waals surface area contributed by atoms with Gasteiger partial charge in [-0.2, -0.15) is 0 Å². The number of carbonyl (C=O) groups excluding carboxylic acids is 2. The van der Waals surface area contributed by atoms with E-state index < -0.39 is 17.6 Å². The van der Waals surface area contributed by atoms with Crippen LogP contribution in [0.3, 0.4) is 0 Å². The van der Waals surface area contributed by atoms with Crippen LogP contribution in [0.1, 0.15) is 55.8 Å². The average molecular weight is 415 g/mol. The predicted octanol–water partition coefficient (Wildman–Crippen LogP) is 2.17. The number of ketones is 1. The third-order valence-corrected chi connectivity index (χ3v) is 5.44. The monoisotopic (exact) mass is 414 g/mol. The van der Waals surface area contributed by atoms with E-state index in [1.165, 1.54) is 5.56 Å². The fraction of sp³-hybridized carbons (Fsp3) is 0.545. The molecule has 8 nitrogen and oxygen atoms in total. The fourth-order valence-corrected chi connectivity index (χ4v) is 3.93. The first kappa shape index (κ1) is 22.0. The molecule has 0 unspecified atom stereocenters. The summed E-state index contributed by atoms with van der Waals surface area (Å²) in [5, 5.41) is 8.63. The molecule has 0 saturated carbocycles. The molecule has 1 amide bonds. The van der Waals surface area contributed by atoms with Crippen LogP contribution in [0, 0.1) is 5.92 Å². The van der Waals surface area contributed by atoms with E-state index in [1.54, 1.807) is 0 Å². The van der Waals surface area contributed by atoms with Crippen molar-refractivity contribution in [3.63, 3.8) is 0 Å². The number of likely N-dealkylation sites (tertiary alicyclic amines) is 1. The lowest BCUT2D eigenvalue weighted by Gasteiger charge is -2.35. The standard InChI is InChI=1S/C22H30N4O4/c1-15(2)14-17(19(27)21-24-25-22(29)30-21)23-20(28)18-10-6-7-12-26(18)13-11-16-8-4-3-5-9-16/h3-5,8-9,15,17-18H,6-7,10-14H2,1-2H3,(H,23,28)(H,25,29)/t17-,18-/m0/s1. The Labute approximate surface area is 176 Å². The van der Waals surface area contributed by atoms with Crippen LogP contribution >= 0.6 is 0 Å². The van der Waals surface area contributed by atoms with Crippen LogP contribution in [0.25, 0.3) is 0 Å². The lowest BCUT2D eigenvalue weighted by molar-refractivity contribution is -0.128. The number of carbonyl (C=O) groups is 2. The predicted molar refractivity (Wildman–Crippen MR) is 112 cm³/mol. The molecule has 0 spiro atoms. The Hall–Kier alpha value is -2.74. The summed E-state index contributed by atoms with van der Waals surface area (Å²) in [7, 11) is 0. The maximum atomic E-state index is 13.1. The van der Waals surface area contributed by atoms with Crippen LogP contribution < -0.4 is 11.1 Å². The molecular weight excluding hydrogens is 384 g/mol. The Morgan fingerprint density at radius 2 is 2.03 bits per heavy atom. The molecule has 2 aromatic rings. The molecule has 0 bridgehead atoms. The van der Waals surface area contributed by atoms with Gasteiger partial charge in [-0.05, 0) is 43.7 Å². The van der Waals surface area contributed by atoms with Gasteiger partial charge in [0.25, 0.3) is 5.89 Å². The summed E-state index contributed by atoms with van der Waals surface area (Å²) in [6.45, 7) is 5.60. The number of Topliss-reactive ketones (excluding diaryl/α,β-unsaturated/α-hetero) is 1. The summed E-state index contributed by atoms with van der Waals surface area (Å²) in [4.78, 5) is 39.3. The highest BCUT2D eigenvalue weighted by Crippen LogP contribution is 2.19. The van der Waals surface area contributed by atoms with Crippen LogP contribution in [0.5, 0.6) is 0 Å². The van der Waals surface area contributed by atoms with Crippen molar-refractivity contribution < 1.29 is 14.0 Å². The van der Waals surface area contributed by atoms with Crippen molar-refractivity contribution in [1.29, 1.82) is 0 Å². The van der Waals surface area contributed by atoms with Crippen molar-refractivity contribution in [2.75, 3.05) is 13.1 Å². The number of aromatic amines is 1. The molecule has 2 atom stereocenters. The third kappa shape index (κ3) is 5.89. The van der Waals surface area contributed by atoms with Gasteiger partial charge in [-0.25, -0.2) is 9.89 Å². The van der Waals surface area contributed by atoms with E-state index in [4.69, 9.17) is 4.42 Å². The Kier molecular flexibility index (Phi) is 7.57. The summed E-state index contributed by atoms with van der Waals surface area (Å²) in [6.07, 6.45) is 4.12. The van der Waals surface area contributed by atoms with Gasteiger partial charge in [0.1, 0.15) is 0 Å². The van der Waals surface area contributed by atoms with Gasteiger partial charge in [0, 0.05) is 6.54 Å². The van der Waals surface area contributed by atoms with Crippen molar-refractivity contribution in [1.82, 2.24) is 20.4 Å². The van der Waals surface area contributed by atoms with Crippen LogP contribution in [0.2, 0.25) is 0 Å². The quantitative estimate of drug-likeness (QED) is 0.609. The average Bonchev–Trinajstić information content (AvgIpc) is 3.18. The molecular formula is C22H30N4O4. The Morgan fingerprint density at radius 3 is 2.70 bits per heavy atom. The number of piperidine rings is 1. The second-order valence-electron chi connectivity index (χ2n) is 8.26. The molecule has 8 heteroatoms. The van der Waals surface area contributed by atoms with Crippen molar-refractivity contribution >= 4 is 11.7 Å². The number of benzene rings is 1. The van der Waals surface area contributed by atoms with Gasteiger partial charge in [-0.15, -0.1) is 5.10 Å². The van der Waals surface area contributed by atoms with Gasteiger partial charge < -0.3 is 9.73 Å². The minimum atomic E-state index is -0.785. The number of nitrogens with one attached hydrogen (secondary N) is 2. The van der Waals surface area contributed by atoms with Gasteiger partial charge in [0.2, 0.25) is 11.7 Å². The topological polar surface area (TPSA) is 108 Å². The maximum absolute atomic E-state index is 13.1. The van der Waals surface area contributed by atoms with Crippen molar-refractivity contribution in [2.45, 2.75) is 58.0 Å². The molecule has 1 aromatic carbocycles. The van der Waals surface area contributed by atoms with Gasteiger partial charge in [-0.3, -0.25) is 14.5 Å². The molecule has 0 radical (unpaired) electrons. The first-order valence-corrected chi connectivity index (χ1v) is 10.6. The number of rotatable bonds is 9. The van der Waals surface area contributed by atoms with E-state index in [9.17, 15) is 14.4 Å². The van der Waals surface area contributed by atoms with Crippen LogP contribution in [-0.4, -0.2) is 52.0 Å². The van der Waals surface area contributed by atoms with Crippen LogP contribution in [0.15, 0.2) is 39.5 Å². The summed E-state index contributed by atoms with van der Waals surface area (Å²) in [5.41, 5.74) is 1.24. The highest BCUT2D eigenvalue weighted by Gasteiger charge is 2.33. The molecule has 30 heavy (non-hydrogen) atoms. The smallest absolute Gasteiger partial charge is 0.384 e. The summed E-state index contributed by atoms with van der Waals surface area (Å²) >= 11 is 0. The van der Waals surface area contributed by atoms with E-state index in [1.807, 2.05) is 32.0 Å². The Bertz CT molecular complexity index is 890. The highest BCUT2D eigenvalue weighted by atomic mass is 16.4. The number of aromatic nitrogens is 2. The second-order valence-corrected chi connectivity index (χ2v) is 8.26. The molecule has 1 aliphatic heterocycles. The highest BCUT2D eigenvalue weighted by molar-refractivity contribution is 5.98. The summed E-state index contributed by atoms with van der Waals surface area (Å²) < 4.78 is 4.81. The van der Waals surface area contributed by atoms with Crippen molar-refractivity contribution in [2.24, 2.45) is 5.92 Å². The maximum Gasteiger partial charge on any atom is 0.434 e. The van der Waals surface area contributed by atoms with Crippen LogP contribution in [0.4, 0.5) is 0 Å². The van der Waals surface area contributed by atoms with Crippen molar-refractivity contribution in [3.05, 3.63) is 52.3 Å². The molecule has 0 aliphatic carbocycles. The molecule has 1 aliphatic rings. The summed E-state index contributed by atoms with van der Waals surface area (Å²) in [6, 6.07) is 9.17. The zero-order valence-electron chi connectivity index (χ0n) is 17.6. The first-order chi connectivity index (χ1) is 14.4. The normalized spacial score (nSPS) is 18.3. The minimum Gasteiger partial charge on any atom is -0.384 e.